The molecule has 0 aliphatic carbocycles. The number of aromatic nitrogens is 3. The molecule has 5 nitrogen and oxygen atoms in total. The first kappa shape index (κ1) is 28.2. The van der Waals surface area contributed by atoms with Gasteiger partial charge in [0.25, 0.3) is 0 Å². The Kier molecular flexibility index (Phi) is 6.42. The zero-order chi connectivity index (χ0) is 33.0. The molecule has 0 aliphatic heterocycles. The van der Waals surface area contributed by atoms with Crippen LogP contribution in [0.4, 0.5) is 0 Å². The summed E-state index contributed by atoms with van der Waals surface area (Å²) in [4.78, 5) is 14.8. The van der Waals surface area contributed by atoms with Crippen molar-refractivity contribution in [2.75, 3.05) is 0 Å². The number of hydrogen-bond acceptors (Lipinski definition) is 5. The molecule has 0 unspecified atom stereocenters. The lowest BCUT2D eigenvalue weighted by atomic mass is 9.92. The van der Waals surface area contributed by atoms with E-state index in [1.807, 2.05) is 91.0 Å². The predicted octanol–water partition coefficient (Wildman–Crippen LogP) is 12.0. The van der Waals surface area contributed by atoms with Crippen LogP contribution in [0.2, 0.25) is 0 Å². The number of furan rings is 2. The molecule has 0 amide bonds. The molecule has 10 rings (SSSR count). The predicted molar refractivity (Wildman–Crippen MR) is 202 cm³/mol. The van der Waals surface area contributed by atoms with E-state index in [0.29, 0.717) is 17.5 Å². The summed E-state index contributed by atoms with van der Waals surface area (Å²) in [5.41, 5.74) is 10.4. The number of para-hydroxylation sites is 2. The number of hydrogen-bond donors (Lipinski definition) is 0. The molecule has 0 aliphatic rings. The van der Waals surface area contributed by atoms with Gasteiger partial charge in [0.15, 0.2) is 17.5 Å². The van der Waals surface area contributed by atoms with Crippen LogP contribution in [-0.4, -0.2) is 15.0 Å². The highest BCUT2D eigenvalue weighted by Gasteiger charge is 2.21. The fraction of sp³-hybridized carbons (Fsp3) is 0. The van der Waals surface area contributed by atoms with Gasteiger partial charge in [-0.3, -0.25) is 0 Å². The Hall–Kier alpha value is -6.85. The van der Waals surface area contributed by atoms with Crippen LogP contribution in [0.3, 0.4) is 0 Å². The smallest absolute Gasteiger partial charge is 0.164 e. The maximum absolute atomic E-state index is 6.72. The van der Waals surface area contributed by atoms with Crippen LogP contribution < -0.4 is 0 Å². The highest BCUT2D eigenvalue weighted by atomic mass is 16.3. The molecular weight excluding hydrogens is 615 g/mol. The van der Waals surface area contributed by atoms with Crippen molar-refractivity contribution in [3.05, 3.63) is 164 Å². The third-order valence-electron chi connectivity index (χ3n) is 9.35. The summed E-state index contributed by atoms with van der Waals surface area (Å²) in [5, 5.41) is 4.33. The van der Waals surface area contributed by atoms with E-state index in [4.69, 9.17) is 23.8 Å². The second kappa shape index (κ2) is 11.4. The topological polar surface area (TPSA) is 65.0 Å². The SMILES string of the molecule is c1ccc(-c2nc(-c3ccccc3)nc(-c3cccc(-c4ccc(-c5cccc6oc7ccccc7c56)c5c4oc4ccccc45)c3)n2)cc1. The molecule has 10 aromatic rings. The fourth-order valence-corrected chi connectivity index (χ4v) is 7.04. The van der Waals surface area contributed by atoms with E-state index >= 15 is 0 Å². The second-order valence-electron chi connectivity index (χ2n) is 12.4. The summed E-state index contributed by atoms with van der Waals surface area (Å²) in [7, 11) is 0. The van der Waals surface area contributed by atoms with Crippen molar-refractivity contribution in [2.45, 2.75) is 0 Å². The zero-order valence-electron chi connectivity index (χ0n) is 26.7. The number of nitrogens with zero attached hydrogens (tertiary/aromatic N) is 3. The molecule has 5 heteroatoms. The first-order chi connectivity index (χ1) is 24.8. The van der Waals surface area contributed by atoms with E-state index in [-0.39, 0.29) is 0 Å². The summed E-state index contributed by atoms with van der Waals surface area (Å²) in [6.45, 7) is 0. The largest absolute Gasteiger partial charge is 0.456 e. The van der Waals surface area contributed by atoms with Crippen LogP contribution in [0.5, 0.6) is 0 Å². The molecule has 3 heterocycles. The van der Waals surface area contributed by atoms with Crippen LogP contribution in [0, 0.1) is 0 Å². The van der Waals surface area contributed by atoms with Crippen LogP contribution in [0.15, 0.2) is 173 Å². The lowest BCUT2D eigenvalue weighted by Gasteiger charge is -2.11. The number of rotatable bonds is 5. The first-order valence-electron chi connectivity index (χ1n) is 16.6. The van der Waals surface area contributed by atoms with Gasteiger partial charge in [0.2, 0.25) is 0 Å². The molecule has 234 valence electrons. The zero-order valence-corrected chi connectivity index (χ0v) is 26.7. The molecule has 0 radical (unpaired) electrons. The van der Waals surface area contributed by atoms with Gasteiger partial charge in [0, 0.05) is 43.8 Å². The molecule has 3 aromatic heterocycles. The van der Waals surface area contributed by atoms with Gasteiger partial charge in [-0.25, -0.2) is 15.0 Å². The molecule has 0 saturated carbocycles. The minimum Gasteiger partial charge on any atom is -0.456 e. The van der Waals surface area contributed by atoms with Gasteiger partial charge in [-0.2, -0.15) is 0 Å². The Bertz CT molecular complexity index is 2810. The summed E-state index contributed by atoms with van der Waals surface area (Å²) >= 11 is 0. The third kappa shape index (κ3) is 4.60. The Morgan fingerprint density at radius 2 is 0.800 bits per heavy atom. The van der Waals surface area contributed by atoms with Crippen molar-refractivity contribution in [2.24, 2.45) is 0 Å². The van der Waals surface area contributed by atoms with Gasteiger partial charge in [0.1, 0.15) is 22.3 Å². The standard InChI is InChI=1S/C45H27N3O2/c1-3-13-28(14-4-1)43-46-44(29-15-5-2-6-16-29)48-45(47-43)31-18-11-17-30(27-31)32-25-26-34(41-36-20-8-10-23-38(36)50-42(32)41)33-21-12-24-39-40(33)35-19-7-9-22-37(35)49-39/h1-27H. The maximum atomic E-state index is 6.72. The third-order valence-corrected chi connectivity index (χ3v) is 9.35. The van der Waals surface area contributed by atoms with Gasteiger partial charge < -0.3 is 8.83 Å². The van der Waals surface area contributed by atoms with Gasteiger partial charge in [-0.1, -0.05) is 133 Å². The Morgan fingerprint density at radius 1 is 0.320 bits per heavy atom. The van der Waals surface area contributed by atoms with E-state index in [1.165, 1.54) is 0 Å². The molecule has 50 heavy (non-hydrogen) atoms. The molecule has 7 aromatic carbocycles. The minimum atomic E-state index is 0.607. The molecule has 0 atom stereocenters. The Morgan fingerprint density at radius 3 is 1.50 bits per heavy atom. The summed E-state index contributed by atoms with van der Waals surface area (Å²) < 4.78 is 13.0. The van der Waals surface area contributed by atoms with Crippen molar-refractivity contribution in [3.8, 4) is 56.4 Å². The van der Waals surface area contributed by atoms with Gasteiger partial charge >= 0.3 is 0 Å². The van der Waals surface area contributed by atoms with Crippen molar-refractivity contribution in [1.82, 2.24) is 15.0 Å². The van der Waals surface area contributed by atoms with Crippen molar-refractivity contribution >= 4 is 43.9 Å². The Labute approximate surface area is 287 Å². The van der Waals surface area contributed by atoms with E-state index in [2.05, 4.69) is 72.8 Å². The summed E-state index contributed by atoms with van der Waals surface area (Å²) in [6.07, 6.45) is 0. The molecule has 0 N–H and O–H groups in total. The molecular formula is C45H27N3O2. The van der Waals surface area contributed by atoms with Gasteiger partial charge in [-0.05, 0) is 47.0 Å². The fourth-order valence-electron chi connectivity index (χ4n) is 7.04. The average molecular weight is 642 g/mol. The molecule has 0 bridgehead atoms. The van der Waals surface area contributed by atoms with Gasteiger partial charge in [-0.15, -0.1) is 0 Å². The van der Waals surface area contributed by atoms with Crippen LogP contribution in [0.1, 0.15) is 0 Å². The second-order valence-corrected chi connectivity index (χ2v) is 12.4. The highest BCUT2D eigenvalue weighted by molar-refractivity contribution is 6.21. The summed E-state index contributed by atoms with van der Waals surface area (Å²) in [5.74, 6) is 1.87. The normalized spacial score (nSPS) is 11.6. The minimum absolute atomic E-state index is 0.607. The quantitative estimate of drug-likeness (QED) is 0.187. The van der Waals surface area contributed by atoms with E-state index in [1.54, 1.807) is 0 Å². The monoisotopic (exact) mass is 641 g/mol. The van der Waals surface area contributed by atoms with Crippen molar-refractivity contribution in [3.63, 3.8) is 0 Å². The van der Waals surface area contributed by atoms with E-state index in [9.17, 15) is 0 Å². The molecule has 0 saturated heterocycles. The van der Waals surface area contributed by atoms with Crippen molar-refractivity contribution in [1.29, 1.82) is 0 Å². The lowest BCUT2D eigenvalue weighted by molar-refractivity contribution is 0.668. The molecule has 0 fully saturated rings. The van der Waals surface area contributed by atoms with Crippen LogP contribution >= 0.6 is 0 Å². The number of fused-ring (bicyclic) bond motifs is 6. The maximum Gasteiger partial charge on any atom is 0.164 e. The lowest BCUT2D eigenvalue weighted by Crippen LogP contribution is -2.00. The first-order valence-corrected chi connectivity index (χ1v) is 16.6. The van der Waals surface area contributed by atoms with Crippen molar-refractivity contribution < 1.29 is 8.83 Å². The number of benzene rings is 7. The van der Waals surface area contributed by atoms with E-state index < -0.39 is 0 Å². The molecule has 0 spiro atoms. The van der Waals surface area contributed by atoms with Crippen LogP contribution in [-0.2, 0) is 0 Å². The Balaban J connectivity index is 1.18. The highest BCUT2D eigenvalue weighted by Crippen LogP contribution is 2.45. The van der Waals surface area contributed by atoms with Crippen LogP contribution in [0.25, 0.3) is 100 Å². The average Bonchev–Trinajstić information content (AvgIpc) is 3.77. The van der Waals surface area contributed by atoms with E-state index in [0.717, 1.165) is 82.8 Å². The summed E-state index contributed by atoms with van der Waals surface area (Å²) in [6, 6.07) is 55.6. The van der Waals surface area contributed by atoms with Gasteiger partial charge in [0.05, 0.1) is 0 Å².